The van der Waals surface area contributed by atoms with Crippen LogP contribution >= 0.6 is 11.3 Å². The number of amides is 1. The SMILES string of the molecule is CN(C)c1ccc(S(=O)(=O)N(C)C)cc1NC(=O)c1cc2c(s1)CCC2. The molecule has 6 nitrogen and oxygen atoms in total. The number of fused-ring (bicyclic) bond motifs is 1. The molecule has 0 radical (unpaired) electrons. The number of carbonyl (C=O) groups is 1. The third kappa shape index (κ3) is 3.49. The standard InChI is InChI=1S/C18H23N3O3S2/c1-20(2)15-9-8-13(26(23,24)21(3)4)11-14(15)19-18(22)17-10-12-6-5-7-16(12)25-17/h8-11H,5-7H2,1-4H3,(H,19,22). The molecule has 1 heterocycles. The molecule has 0 spiro atoms. The van der Waals surface area contributed by atoms with Gasteiger partial charge >= 0.3 is 0 Å². The summed E-state index contributed by atoms with van der Waals surface area (Å²) in [5.41, 5.74) is 2.49. The molecule has 8 heteroatoms. The number of anilines is 2. The number of hydrogen-bond acceptors (Lipinski definition) is 5. The first kappa shape index (κ1) is 18.9. The van der Waals surface area contributed by atoms with Gasteiger partial charge in [-0.25, -0.2) is 12.7 Å². The van der Waals surface area contributed by atoms with E-state index < -0.39 is 10.0 Å². The van der Waals surface area contributed by atoms with Crippen LogP contribution in [0.1, 0.15) is 26.5 Å². The molecule has 1 aromatic carbocycles. The maximum Gasteiger partial charge on any atom is 0.265 e. The van der Waals surface area contributed by atoms with Crippen LogP contribution in [-0.4, -0.2) is 46.8 Å². The Kier molecular flexibility index (Phi) is 5.09. The zero-order valence-electron chi connectivity index (χ0n) is 15.4. The Labute approximate surface area is 158 Å². The fourth-order valence-corrected chi connectivity index (χ4v) is 5.08. The number of sulfonamides is 1. The van der Waals surface area contributed by atoms with Crippen molar-refractivity contribution < 1.29 is 13.2 Å². The first-order chi connectivity index (χ1) is 12.2. The molecule has 0 aliphatic heterocycles. The maximum absolute atomic E-state index is 12.7. The van der Waals surface area contributed by atoms with Gasteiger partial charge in [-0.05, 0) is 49.1 Å². The number of thiophene rings is 1. The molecule has 3 rings (SSSR count). The van der Waals surface area contributed by atoms with Crippen molar-refractivity contribution in [1.29, 1.82) is 0 Å². The summed E-state index contributed by atoms with van der Waals surface area (Å²) in [6.45, 7) is 0. The highest BCUT2D eigenvalue weighted by Crippen LogP contribution is 2.33. The van der Waals surface area contributed by atoms with Gasteiger partial charge in [0.05, 0.1) is 21.1 Å². The smallest absolute Gasteiger partial charge is 0.265 e. The number of nitrogens with one attached hydrogen (secondary N) is 1. The summed E-state index contributed by atoms with van der Waals surface area (Å²) in [4.78, 5) is 16.7. The van der Waals surface area contributed by atoms with Crippen LogP contribution in [0.4, 0.5) is 11.4 Å². The lowest BCUT2D eigenvalue weighted by Crippen LogP contribution is -2.23. The van der Waals surface area contributed by atoms with Gasteiger partial charge in [0, 0.05) is 33.1 Å². The minimum Gasteiger partial charge on any atom is -0.376 e. The molecular weight excluding hydrogens is 370 g/mol. The molecule has 1 aliphatic rings. The van der Waals surface area contributed by atoms with E-state index in [1.165, 1.54) is 41.9 Å². The predicted octanol–water partition coefficient (Wildman–Crippen LogP) is 2.81. The van der Waals surface area contributed by atoms with Gasteiger partial charge in [-0.2, -0.15) is 0 Å². The summed E-state index contributed by atoms with van der Waals surface area (Å²) in [5.74, 6) is -0.202. The summed E-state index contributed by atoms with van der Waals surface area (Å²) in [7, 11) is 3.10. The Hall–Kier alpha value is -1.90. The van der Waals surface area contributed by atoms with Crippen LogP contribution in [0, 0.1) is 0 Å². The molecule has 0 atom stereocenters. The van der Waals surface area contributed by atoms with Crippen LogP contribution < -0.4 is 10.2 Å². The number of rotatable bonds is 5. The summed E-state index contributed by atoms with van der Waals surface area (Å²) in [5, 5.41) is 2.90. The van der Waals surface area contributed by atoms with Crippen LogP contribution in [-0.2, 0) is 22.9 Å². The summed E-state index contributed by atoms with van der Waals surface area (Å²) < 4.78 is 26.0. The Balaban J connectivity index is 1.95. The Bertz CT molecular complexity index is 925. The molecule has 0 fully saturated rings. The average molecular weight is 394 g/mol. The molecule has 1 N–H and O–H groups in total. The molecule has 0 saturated heterocycles. The second kappa shape index (κ2) is 7.02. The van der Waals surface area contributed by atoms with E-state index in [9.17, 15) is 13.2 Å². The summed E-state index contributed by atoms with van der Waals surface area (Å²) in [6.07, 6.45) is 3.21. The zero-order chi connectivity index (χ0) is 19.1. The maximum atomic E-state index is 12.7. The summed E-state index contributed by atoms with van der Waals surface area (Å²) >= 11 is 1.53. The van der Waals surface area contributed by atoms with Gasteiger partial charge in [0.25, 0.3) is 5.91 Å². The van der Waals surface area contributed by atoms with Crippen molar-refractivity contribution >= 4 is 38.6 Å². The number of carbonyl (C=O) groups excluding carboxylic acids is 1. The molecule has 1 aromatic heterocycles. The Morgan fingerprint density at radius 3 is 2.46 bits per heavy atom. The molecule has 0 bridgehead atoms. The lowest BCUT2D eigenvalue weighted by atomic mass is 10.2. The topological polar surface area (TPSA) is 69.7 Å². The first-order valence-electron chi connectivity index (χ1n) is 8.37. The third-order valence-corrected chi connectivity index (χ3v) is 7.49. The second-order valence-electron chi connectivity index (χ2n) is 6.73. The number of aryl methyl sites for hydroxylation is 2. The Morgan fingerprint density at radius 1 is 1.12 bits per heavy atom. The quantitative estimate of drug-likeness (QED) is 0.848. The van der Waals surface area contributed by atoms with E-state index in [4.69, 9.17) is 0 Å². The lowest BCUT2D eigenvalue weighted by Gasteiger charge is -2.20. The van der Waals surface area contributed by atoms with E-state index in [1.807, 2.05) is 25.1 Å². The van der Waals surface area contributed by atoms with Crippen LogP contribution in [0.15, 0.2) is 29.2 Å². The van der Waals surface area contributed by atoms with Gasteiger partial charge in [0.1, 0.15) is 0 Å². The molecule has 2 aromatic rings. The molecule has 0 saturated carbocycles. The van der Waals surface area contributed by atoms with Crippen LogP contribution in [0.3, 0.4) is 0 Å². The van der Waals surface area contributed by atoms with Gasteiger partial charge in [-0.3, -0.25) is 4.79 Å². The van der Waals surface area contributed by atoms with E-state index in [2.05, 4.69) is 5.32 Å². The van der Waals surface area contributed by atoms with Gasteiger partial charge in [-0.15, -0.1) is 11.3 Å². The zero-order valence-corrected chi connectivity index (χ0v) is 17.0. The van der Waals surface area contributed by atoms with E-state index in [-0.39, 0.29) is 10.8 Å². The van der Waals surface area contributed by atoms with Crippen molar-refractivity contribution in [2.24, 2.45) is 0 Å². The second-order valence-corrected chi connectivity index (χ2v) is 10.0. The van der Waals surface area contributed by atoms with Crippen LogP contribution in [0.25, 0.3) is 0 Å². The number of benzene rings is 1. The largest absolute Gasteiger partial charge is 0.376 e. The van der Waals surface area contributed by atoms with Gasteiger partial charge < -0.3 is 10.2 Å². The van der Waals surface area contributed by atoms with Gasteiger partial charge in [0.15, 0.2) is 0 Å². The van der Waals surface area contributed by atoms with Crippen molar-refractivity contribution in [2.75, 3.05) is 38.4 Å². The van der Waals surface area contributed by atoms with Crippen molar-refractivity contribution in [2.45, 2.75) is 24.2 Å². The monoisotopic (exact) mass is 393 g/mol. The molecule has 0 unspecified atom stereocenters. The fourth-order valence-electron chi connectivity index (χ4n) is 3.00. The van der Waals surface area contributed by atoms with E-state index in [0.717, 1.165) is 29.3 Å². The minimum absolute atomic E-state index is 0.150. The van der Waals surface area contributed by atoms with Crippen molar-refractivity contribution in [3.05, 3.63) is 39.6 Å². The van der Waals surface area contributed by atoms with E-state index in [0.29, 0.717) is 10.6 Å². The number of hydrogen-bond donors (Lipinski definition) is 1. The highest BCUT2D eigenvalue weighted by atomic mass is 32.2. The van der Waals surface area contributed by atoms with Crippen molar-refractivity contribution in [3.63, 3.8) is 0 Å². The van der Waals surface area contributed by atoms with E-state index in [1.54, 1.807) is 12.1 Å². The molecule has 1 amide bonds. The van der Waals surface area contributed by atoms with Crippen molar-refractivity contribution in [3.8, 4) is 0 Å². The average Bonchev–Trinajstić information content (AvgIpc) is 3.15. The van der Waals surface area contributed by atoms with Crippen LogP contribution in [0.2, 0.25) is 0 Å². The van der Waals surface area contributed by atoms with Crippen molar-refractivity contribution in [1.82, 2.24) is 4.31 Å². The van der Waals surface area contributed by atoms with Gasteiger partial charge in [0.2, 0.25) is 10.0 Å². The molecule has 1 aliphatic carbocycles. The third-order valence-electron chi connectivity index (χ3n) is 4.45. The fraction of sp³-hybridized carbons (Fsp3) is 0.389. The predicted molar refractivity (Wildman–Crippen MR) is 106 cm³/mol. The normalized spacial score (nSPS) is 13.7. The minimum atomic E-state index is -3.57. The highest BCUT2D eigenvalue weighted by Gasteiger charge is 2.22. The lowest BCUT2D eigenvalue weighted by molar-refractivity contribution is 0.103. The number of nitrogens with zero attached hydrogens (tertiary/aromatic N) is 2. The molecule has 140 valence electrons. The summed E-state index contributed by atoms with van der Waals surface area (Å²) in [6, 6.07) is 6.74. The van der Waals surface area contributed by atoms with Crippen LogP contribution in [0.5, 0.6) is 0 Å². The van der Waals surface area contributed by atoms with Gasteiger partial charge in [-0.1, -0.05) is 0 Å². The first-order valence-corrected chi connectivity index (χ1v) is 10.6. The van der Waals surface area contributed by atoms with E-state index >= 15 is 0 Å². The molecule has 26 heavy (non-hydrogen) atoms. The highest BCUT2D eigenvalue weighted by molar-refractivity contribution is 7.89. The Morgan fingerprint density at radius 2 is 1.85 bits per heavy atom. The molecular formula is C18H23N3O3S2.